The zero-order valence-electron chi connectivity index (χ0n) is 28.2. The lowest BCUT2D eigenvalue weighted by Crippen LogP contribution is -2.59. The predicted molar refractivity (Wildman–Crippen MR) is 220 cm³/mol. The molecule has 52 heavy (non-hydrogen) atoms. The molecule has 0 amide bonds. The van der Waals surface area contributed by atoms with E-state index in [1.807, 2.05) is 0 Å². The molecule has 0 radical (unpaired) electrons. The highest BCUT2D eigenvalue weighted by Gasteiger charge is 2.42. The van der Waals surface area contributed by atoms with Gasteiger partial charge >= 0.3 is 6.85 Å². The van der Waals surface area contributed by atoms with Crippen LogP contribution in [0.1, 0.15) is 0 Å². The highest BCUT2D eigenvalue weighted by Crippen LogP contribution is 2.50. The van der Waals surface area contributed by atoms with Gasteiger partial charge in [0, 0.05) is 55.4 Å². The first-order valence-corrected chi connectivity index (χ1v) is 18.1. The summed E-state index contributed by atoms with van der Waals surface area (Å²) < 4.78 is 4.91. The van der Waals surface area contributed by atoms with Gasteiger partial charge in [0.1, 0.15) is 0 Å². The van der Waals surface area contributed by atoms with Crippen LogP contribution >= 0.6 is 0 Å². The van der Waals surface area contributed by atoms with E-state index in [1.165, 1.54) is 93.9 Å². The number of aromatic nitrogens is 2. The van der Waals surface area contributed by atoms with Crippen molar-refractivity contribution in [1.82, 2.24) is 9.13 Å². The van der Waals surface area contributed by atoms with Gasteiger partial charge in [-0.15, -0.1) is 0 Å². The van der Waals surface area contributed by atoms with Crippen LogP contribution < -0.4 is 15.7 Å². The summed E-state index contributed by atoms with van der Waals surface area (Å²) in [4.78, 5) is 2.62. The maximum atomic E-state index is 2.62. The van der Waals surface area contributed by atoms with E-state index in [9.17, 15) is 0 Å². The second-order valence-corrected chi connectivity index (χ2v) is 14.1. The second-order valence-electron chi connectivity index (χ2n) is 14.1. The smallest absolute Gasteiger partial charge is 0.329 e. The zero-order chi connectivity index (χ0) is 33.9. The van der Waals surface area contributed by atoms with Gasteiger partial charge in [0.05, 0.1) is 22.1 Å². The van der Waals surface area contributed by atoms with E-state index in [1.54, 1.807) is 0 Å². The minimum absolute atomic E-state index is 0.0646. The van der Waals surface area contributed by atoms with Crippen LogP contribution in [0.15, 0.2) is 182 Å². The van der Waals surface area contributed by atoms with Crippen LogP contribution in [0.2, 0.25) is 0 Å². The molecule has 2 aliphatic rings. The third-order valence-electron chi connectivity index (χ3n) is 11.5. The summed E-state index contributed by atoms with van der Waals surface area (Å²) in [6.45, 7) is 0.0646. The SMILES string of the molecule is c1ccc(-n2c3ccccc3c3c4c5cc6c(cc5n(-c5ccccc5)c4ccc32)-c2ccccc2B2c3ccccc3-c3ccccc3N26)cc1. The molecule has 3 nitrogen and oxygen atoms in total. The summed E-state index contributed by atoms with van der Waals surface area (Å²) in [5.41, 5.74) is 17.5. The average Bonchev–Trinajstić information content (AvgIpc) is 3.73. The summed E-state index contributed by atoms with van der Waals surface area (Å²) in [5.74, 6) is 0. The van der Waals surface area contributed by atoms with E-state index in [-0.39, 0.29) is 6.85 Å². The quantitative estimate of drug-likeness (QED) is 0.168. The third-order valence-corrected chi connectivity index (χ3v) is 11.5. The predicted octanol–water partition coefficient (Wildman–Crippen LogP) is 10.8. The normalized spacial score (nSPS) is 12.9. The van der Waals surface area contributed by atoms with Gasteiger partial charge in [-0.2, -0.15) is 0 Å². The van der Waals surface area contributed by atoms with E-state index in [2.05, 4.69) is 196 Å². The molecule has 0 unspecified atom stereocenters. The fourth-order valence-electron chi connectivity index (χ4n) is 9.45. The molecular formula is C48H30BN3. The van der Waals surface area contributed by atoms with Crippen molar-refractivity contribution in [2.75, 3.05) is 4.81 Å². The first kappa shape index (κ1) is 28.0. The van der Waals surface area contributed by atoms with Crippen molar-refractivity contribution in [1.29, 1.82) is 0 Å². The molecule has 2 aliphatic heterocycles. The van der Waals surface area contributed by atoms with Gasteiger partial charge in [-0.25, -0.2) is 0 Å². The molecule has 8 aromatic carbocycles. The first-order chi connectivity index (χ1) is 25.8. The van der Waals surface area contributed by atoms with Gasteiger partial charge in [0.25, 0.3) is 0 Å². The minimum Gasteiger partial charge on any atom is -0.376 e. The van der Waals surface area contributed by atoms with E-state index < -0.39 is 0 Å². The Morgan fingerprint density at radius 1 is 0.327 bits per heavy atom. The maximum absolute atomic E-state index is 2.62. The number of hydrogen-bond acceptors (Lipinski definition) is 1. The highest BCUT2D eigenvalue weighted by molar-refractivity contribution is 6.92. The van der Waals surface area contributed by atoms with Crippen LogP contribution in [-0.4, -0.2) is 16.0 Å². The van der Waals surface area contributed by atoms with Crippen molar-refractivity contribution < 1.29 is 0 Å². The van der Waals surface area contributed by atoms with Crippen molar-refractivity contribution in [3.05, 3.63) is 182 Å². The Hall–Kier alpha value is -6.78. The lowest BCUT2D eigenvalue weighted by atomic mass is 9.43. The van der Waals surface area contributed by atoms with Crippen LogP contribution in [0.5, 0.6) is 0 Å². The van der Waals surface area contributed by atoms with Crippen LogP contribution in [0.25, 0.3) is 77.2 Å². The summed E-state index contributed by atoms with van der Waals surface area (Å²) in [7, 11) is 0. The molecule has 0 spiro atoms. The average molecular weight is 660 g/mol. The Kier molecular flexibility index (Phi) is 5.58. The van der Waals surface area contributed by atoms with Crippen molar-refractivity contribution >= 4 is 72.8 Å². The molecule has 12 rings (SSSR count). The fraction of sp³-hybridized carbons (Fsp3) is 0. The molecule has 0 saturated heterocycles. The first-order valence-electron chi connectivity index (χ1n) is 18.1. The van der Waals surface area contributed by atoms with Gasteiger partial charge in [-0.3, -0.25) is 0 Å². The molecule has 4 heterocycles. The molecule has 0 bridgehead atoms. The van der Waals surface area contributed by atoms with Gasteiger partial charge in [0.2, 0.25) is 0 Å². The van der Waals surface area contributed by atoms with Gasteiger partial charge in [-0.05, 0) is 82.7 Å². The number of fused-ring (bicyclic) bond motifs is 18. The summed E-state index contributed by atoms with van der Waals surface area (Å²) in [5, 5.41) is 5.09. The Morgan fingerprint density at radius 2 is 0.846 bits per heavy atom. The van der Waals surface area contributed by atoms with E-state index >= 15 is 0 Å². The van der Waals surface area contributed by atoms with Crippen molar-refractivity contribution in [2.45, 2.75) is 0 Å². The Bertz CT molecular complexity index is 3080. The number of nitrogens with zero attached hydrogens (tertiary/aromatic N) is 3. The standard InChI is InChI=1S/C48H30BN3/c1-3-15-31(16-4-1)50-41-25-13-10-22-36(41)47-43(50)27-28-44-48(47)38-30-46-37(29-45(38)51(44)32-17-5-2-6-18-32)34-20-8-12-24-40(34)49-39-23-11-7-19-33(39)35-21-9-14-26-42(35)52(46)49/h1-30H. The van der Waals surface area contributed by atoms with E-state index in [0.717, 1.165) is 5.69 Å². The molecular weight excluding hydrogens is 629 g/mol. The summed E-state index contributed by atoms with van der Waals surface area (Å²) >= 11 is 0. The fourth-order valence-corrected chi connectivity index (χ4v) is 9.45. The molecule has 0 fully saturated rings. The Balaban J connectivity index is 1.27. The van der Waals surface area contributed by atoms with Gasteiger partial charge in [-0.1, -0.05) is 121 Å². The molecule has 0 aliphatic carbocycles. The van der Waals surface area contributed by atoms with Crippen LogP contribution in [-0.2, 0) is 0 Å². The van der Waals surface area contributed by atoms with Crippen LogP contribution in [0, 0.1) is 0 Å². The van der Waals surface area contributed by atoms with Crippen molar-refractivity contribution in [2.24, 2.45) is 0 Å². The Labute approximate surface area is 301 Å². The number of rotatable bonds is 2. The third kappa shape index (κ3) is 3.60. The number of anilines is 2. The highest BCUT2D eigenvalue weighted by atomic mass is 15.1. The van der Waals surface area contributed by atoms with Gasteiger partial charge in [0.15, 0.2) is 0 Å². The molecule has 4 heteroatoms. The van der Waals surface area contributed by atoms with Gasteiger partial charge < -0.3 is 13.9 Å². The van der Waals surface area contributed by atoms with Crippen LogP contribution in [0.3, 0.4) is 0 Å². The van der Waals surface area contributed by atoms with Crippen molar-refractivity contribution in [3.63, 3.8) is 0 Å². The largest absolute Gasteiger partial charge is 0.376 e. The summed E-state index contributed by atoms with van der Waals surface area (Å²) in [6, 6.07) is 67.1. The number of hydrogen-bond donors (Lipinski definition) is 0. The number of para-hydroxylation sites is 4. The maximum Gasteiger partial charge on any atom is 0.329 e. The van der Waals surface area contributed by atoms with Crippen molar-refractivity contribution in [3.8, 4) is 33.6 Å². The molecule has 0 atom stereocenters. The molecule has 0 saturated carbocycles. The molecule has 0 N–H and O–H groups in total. The molecule has 240 valence electrons. The zero-order valence-corrected chi connectivity index (χ0v) is 28.2. The Morgan fingerprint density at radius 3 is 1.54 bits per heavy atom. The number of benzene rings is 8. The monoisotopic (exact) mass is 659 g/mol. The second kappa shape index (κ2) is 10.4. The van der Waals surface area contributed by atoms with E-state index in [4.69, 9.17) is 0 Å². The minimum atomic E-state index is 0.0646. The molecule has 2 aromatic heterocycles. The lowest BCUT2D eigenvalue weighted by molar-refractivity contribution is 1.17. The van der Waals surface area contributed by atoms with E-state index in [0.29, 0.717) is 0 Å². The summed E-state index contributed by atoms with van der Waals surface area (Å²) in [6.07, 6.45) is 0. The molecule has 10 aromatic rings. The van der Waals surface area contributed by atoms with Crippen LogP contribution in [0.4, 0.5) is 11.4 Å². The lowest BCUT2D eigenvalue weighted by Gasteiger charge is -2.43. The topological polar surface area (TPSA) is 13.1 Å².